The largest absolute Gasteiger partial charge is 0.366 e. The Labute approximate surface area is 145 Å². The second-order valence-electron chi connectivity index (χ2n) is 6.62. The Bertz CT molecular complexity index is 729. The standard InChI is InChI=1S/C20H29N3O/c1-6-17-19(16-11-8-7-10-14(16)2)18(20(21)24)15(3)23(17)13-9-12-22(4)5/h7-8,10-11H,6,9,12-13H2,1-5H3,(H2,21,24). The van der Waals surface area contributed by atoms with E-state index in [9.17, 15) is 4.79 Å². The van der Waals surface area contributed by atoms with E-state index in [0.29, 0.717) is 5.56 Å². The lowest BCUT2D eigenvalue weighted by Crippen LogP contribution is -2.17. The summed E-state index contributed by atoms with van der Waals surface area (Å²) >= 11 is 0. The van der Waals surface area contributed by atoms with Crippen LogP contribution in [0.1, 0.15) is 40.7 Å². The maximum atomic E-state index is 12.2. The van der Waals surface area contributed by atoms with Crippen molar-refractivity contribution in [3.63, 3.8) is 0 Å². The van der Waals surface area contributed by atoms with Crippen LogP contribution in [-0.2, 0) is 13.0 Å². The molecule has 24 heavy (non-hydrogen) atoms. The van der Waals surface area contributed by atoms with E-state index >= 15 is 0 Å². The minimum absolute atomic E-state index is 0.341. The molecule has 4 heteroatoms. The number of hydrogen-bond donors (Lipinski definition) is 1. The number of nitrogens with zero attached hydrogens (tertiary/aromatic N) is 2. The first kappa shape index (κ1) is 18.3. The van der Waals surface area contributed by atoms with Gasteiger partial charge in [0.2, 0.25) is 0 Å². The monoisotopic (exact) mass is 327 g/mol. The van der Waals surface area contributed by atoms with Gasteiger partial charge in [0.1, 0.15) is 0 Å². The first-order valence-corrected chi connectivity index (χ1v) is 8.60. The minimum Gasteiger partial charge on any atom is -0.366 e. The average molecular weight is 327 g/mol. The maximum Gasteiger partial charge on any atom is 0.251 e. The Morgan fingerprint density at radius 2 is 1.88 bits per heavy atom. The molecule has 130 valence electrons. The number of rotatable bonds is 7. The minimum atomic E-state index is -0.341. The van der Waals surface area contributed by atoms with E-state index < -0.39 is 0 Å². The summed E-state index contributed by atoms with van der Waals surface area (Å²) in [6, 6.07) is 8.21. The highest BCUT2D eigenvalue weighted by atomic mass is 16.1. The fraction of sp³-hybridized carbons (Fsp3) is 0.450. The molecule has 0 fully saturated rings. The van der Waals surface area contributed by atoms with E-state index in [4.69, 9.17) is 5.73 Å². The van der Waals surface area contributed by atoms with Crippen LogP contribution in [0.2, 0.25) is 0 Å². The molecular weight excluding hydrogens is 298 g/mol. The summed E-state index contributed by atoms with van der Waals surface area (Å²) in [7, 11) is 4.16. The smallest absolute Gasteiger partial charge is 0.251 e. The second kappa shape index (κ2) is 7.67. The topological polar surface area (TPSA) is 51.3 Å². The molecule has 1 amide bonds. The van der Waals surface area contributed by atoms with Crippen LogP contribution in [0.15, 0.2) is 24.3 Å². The van der Waals surface area contributed by atoms with Crippen molar-refractivity contribution in [2.24, 2.45) is 5.73 Å². The van der Waals surface area contributed by atoms with E-state index in [1.165, 1.54) is 11.3 Å². The predicted molar refractivity (Wildman–Crippen MR) is 100 cm³/mol. The van der Waals surface area contributed by atoms with E-state index in [1.807, 2.05) is 19.1 Å². The Kier molecular flexibility index (Phi) is 5.84. The molecule has 0 atom stereocenters. The van der Waals surface area contributed by atoms with Gasteiger partial charge in [-0.25, -0.2) is 0 Å². The molecule has 0 spiro atoms. The Morgan fingerprint density at radius 3 is 2.42 bits per heavy atom. The third-order valence-electron chi connectivity index (χ3n) is 4.61. The lowest BCUT2D eigenvalue weighted by molar-refractivity contribution is 0.1000. The summed E-state index contributed by atoms with van der Waals surface area (Å²) in [4.78, 5) is 14.4. The zero-order valence-electron chi connectivity index (χ0n) is 15.5. The van der Waals surface area contributed by atoms with Crippen LogP contribution in [0, 0.1) is 13.8 Å². The fourth-order valence-corrected chi connectivity index (χ4v) is 3.46. The molecule has 2 N–H and O–H groups in total. The molecule has 0 aliphatic rings. The number of primary amides is 1. The Hall–Kier alpha value is -2.07. The van der Waals surface area contributed by atoms with Crippen molar-refractivity contribution in [1.82, 2.24) is 9.47 Å². The molecule has 0 unspecified atom stereocenters. The highest BCUT2D eigenvalue weighted by Gasteiger charge is 2.24. The Balaban J connectivity index is 2.61. The molecule has 2 aromatic rings. The van der Waals surface area contributed by atoms with Gasteiger partial charge in [0, 0.05) is 23.5 Å². The van der Waals surface area contributed by atoms with Crippen molar-refractivity contribution in [2.75, 3.05) is 20.6 Å². The first-order valence-electron chi connectivity index (χ1n) is 8.60. The van der Waals surface area contributed by atoms with Crippen molar-refractivity contribution < 1.29 is 4.79 Å². The van der Waals surface area contributed by atoms with Gasteiger partial charge in [-0.15, -0.1) is 0 Å². The SMILES string of the molecule is CCc1c(-c2ccccc2C)c(C(N)=O)c(C)n1CCCN(C)C. The van der Waals surface area contributed by atoms with Crippen LogP contribution in [-0.4, -0.2) is 36.0 Å². The molecule has 0 bridgehead atoms. The van der Waals surface area contributed by atoms with Crippen LogP contribution in [0.25, 0.3) is 11.1 Å². The quantitative estimate of drug-likeness (QED) is 0.847. The van der Waals surface area contributed by atoms with Gasteiger partial charge in [-0.05, 0) is 58.5 Å². The zero-order chi connectivity index (χ0) is 17.9. The third-order valence-corrected chi connectivity index (χ3v) is 4.61. The number of benzene rings is 1. The lowest BCUT2D eigenvalue weighted by atomic mass is 9.95. The fourth-order valence-electron chi connectivity index (χ4n) is 3.46. The van der Waals surface area contributed by atoms with Crippen LogP contribution < -0.4 is 5.73 Å². The highest BCUT2D eigenvalue weighted by molar-refractivity contribution is 6.02. The summed E-state index contributed by atoms with van der Waals surface area (Å²) in [5, 5.41) is 0. The van der Waals surface area contributed by atoms with Crippen molar-refractivity contribution in [2.45, 2.75) is 40.2 Å². The molecule has 1 heterocycles. The summed E-state index contributed by atoms with van der Waals surface area (Å²) in [6.45, 7) is 8.16. The van der Waals surface area contributed by atoms with Gasteiger partial charge < -0.3 is 15.2 Å². The molecule has 4 nitrogen and oxygen atoms in total. The van der Waals surface area contributed by atoms with E-state index in [0.717, 1.165) is 42.8 Å². The van der Waals surface area contributed by atoms with Crippen LogP contribution >= 0.6 is 0 Å². The van der Waals surface area contributed by atoms with Crippen molar-refractivity contribution >= 4 is 5.91 Å². The van der Waals surface area contributed by atoms with Gasteiger partial charge in [-0.3, -0.25) is 4.79 Å². The number of nitrogens with two attached hydrogens (primary N) is 1. The van der Waals surface area contributed by atoms with E-state index in [2.05, 4.69) is 49.5 Å². The first-order chi connectivity index (χ1) is 11.4. The number of aromatic nitrogens is 1. The van der Waals surface area contributed by atoms with Gasteiger partial charge in [-0.2, -0.15) is 0 Å². The van der Waals surface area contributed by atoms with Crippen LogP contribution in [0.4, 0.5) is 0 Å². The van der Waals surface area contributed by atoms with Crippen molar-refractivity contribution in [1.29, 1.82) is 0 Å². The van der Waals surface area contributed by atoms with Gasteiger partial charge in [0.05, 0.1) is 5.56 Å². The highest BCUT2D eigenvalue weighted by Crippen LogP contribution is 2.35. The molecule has 2 rings (SSSR count). The number of amides is 1. The molecular formula is C20H29N3O. The van der Waals surface area contributed by atoms with Crippen LogP contribution in [0.3, 0.4) is 0 Å². The molecule has 0 saturated carbocycles. The molecule has 1 aromatic heterocycles. The predicted octanol–water partition coefficient (Wildman–Crippen LogP) is 3.38. The van der Waals surface area contributed by atoms with Gasteiger partial charge in [0.15, 0.2) is 0 Å². The summed E-state index contributed by atoms with van der Waals surface area (Å²) in [6.07, 6.45) is 1.92. The van der Waals surface area contributed by atoms with Crippen LogP contribution in [0.5, 0.6) is 0 Å². The normalized spacial score (nSPS) is 11.2. The van der Waals surface area contributed by atoms with E-state index in [-0.39, 0.29) is 5.91 Å². The summed E-state index contributed by atoms with van der Waals surface area (Å²) < 4.78 is 2.28. The number of aryl methyl sites for hydroxylation is 1. The third kappa shape index (κ3) is 3.54. The second-order valence-corrected chi connectivity index (χ2v) is 6.62. The molecule has 0 aliphatic carbocycles. The molecule has 1 aromatic carbocycles. The van der Waals surface area contributed by atoms with Gasteiger partial charge in [0.25, 0.3) is 5.91 Å². The van der Waals surface area contributed by atoms with E-state index in [1.54, 1.807) is 0 Å². The van der Waals surface area contributed by atoms with Gasteiger partial charge >= 0.3 is 0 Å². The average Bonchev–Trinajstić information content (AvgIpc) is 2.80. The number of hydrogen-bond acceptors (Lipinski definition) is 2. The summed E-state index contributed by atoms with van der Waals surface area (Å²) in [5.74, 6) is -0.341. The molecule has 0 aliphatic heterocycles. The Morgan fingerprint density at radius 1 is 1.21 bits per heavy atom. The number of carbonyl (C=O) groups excluding carboxylic acids is 1. The summed E-state index contributed by atoms with van der Waals surface area (Å²) in [5.41, 5.74) is 11.9. The van der Waals surface area contributed by atoms with Crippen molar-refractivity contribution in [3.05, 3.63) is 46.8 Å². The number of carbonyl (C=O) groups is 1. The molecule has 0 radical (unpaired) electrons. The maximum absolute atomic E-state index is 12.2. The van der Waals surface area contributed by atoms with Gasteiger partial charge in [-0.1, -0.05) is 31.2 Å². The lowest BCUT2D eigenvalue weighted by Gasteiger charge is -2.14. The molecule has 0 saturated heterocycles. The van der Waals surface area contributed by atoms with Crippen molar-refractivity contribution in [3.8, 4) is 11.1 Å². The zero-order valence-corrected chi connectivity index (χ0v) is 15.5.